The zero-order valence-corrected chi connectivity index (χ0v) is 17.3. The number of hydrogen-bond acceptors (Lipinski definition) is 3. The van der Waals surface area contributed by atoms with Crippen LogP contribution in [0.3, 0.4) is 0 Å². The first-order chi connectivity index (χ1) is 13.4. The zero-order valence-electron chi connectivity index (χ0n) is 17.3. The van der Waals surface area contributed by atoms with Gasteiger partial charge < -0.3 is 9.47 Å². The van der Waals surface area contributed by atoms with Crippen molar-refractivity contribution in [2.45, 2.75) is 57.6 Å². The van der Waals surface area contributed by atoms with Crippen LogP contribution < -0.4 is 0 Å². The van der Waals surface area contributed by atoms with Gasteiger partial charge in [0.05, 0.1) is 6.07 Å². The number of nitriles is 1. The molecule has 0 bridgehead atoms. The molecule has 1 aliphatic rings. The Morgan fingerprint density at radius 2 is 1.50 bits per heavy atom. The molecule has 1 saturated heterocycles. The second-order valence-corrected chi connectivity index (χ2v) is 8.15. The minimum absolute atomic E-state index is 0.0600. The molecule has 3 nitrogen and oxygen atoms in total. The molecule has 0 aliphatic carbocycles. The van der Waals surface area contributed by atoms with Gasteiger partial charge in [0, 0.05) is 11.4 Å². The minimum atomic E-state index is -0.598. The molecule has 3 rings (SSSR count). The first-order valence-corrected chi connectivity index (χ1v) is 10.1. The van der Waals surface area contributed by atoms with Crippen LogP contribution in [0.4, 0.5) is 0 Å². The fourth-order valence-corrected chi connectivity index (χ4v) is 4.53. The second kappa shape index (κ2) is 8.35. The molecule has 0 radical (unpaired) electrons. The Balaban J connectivity index is 2.17. The predicted octanol–water partition coefficient (Wildman–Crippen LogP) is 5.41. The van der Waals surface area contributed by atoms with Gasteiger partial charge in [-0.2, -0.15) is 5.26 Å². The van der Waals surface area contributed by atoms with Crippen LogP contribution in [-0.4, -0.2) is 23.9 Å². The topological polar surface area (TPSA) is 36.3 Å². The summed E-state index contributed by atoms with van der Waals surface area (Å²) >= 11 is 0. The monoisotopic (exact) mass is 372 g/mol. The Morgan fingerprint density at radius 1 is 1.04 bits per heavy atom. The third-order valence-electron chi connectivity index (χ3n) is 5.73. The summed E-state index contributed by atoms with van der Waals surface area (Å²) in [5.74, 6) is -0.0600. The van der Waals surface area contributed by atoms with Crippen molar-refractivity contribution >= 4 is 7.05 Å². The van der Waals surface area contributed by atoms with Gasteiger partial charge in [0.1, 0.15) is 5.60 Å². The van der Waals surface area contributed by atoms with Gasteiger partial charge in [0.25, 0.3) is 0 Å². The van der Waals surface area contributed by atoms with E-state index in [2.05, 4.69) is 69.4 Å². The van der Waals surface area contributed by atoms with Gasteiger partial charge in [-0.05, 0) is 29.6 Å². The van der Waals surface area contributed by atoms with Crippen LogP contribution in [0.5, 0.6) is 0 Å². The maximum absolute atomic E-state index is 9.66. The Kier molecular flexibility index (Phi) is 6.08. The van der Waals surface area contributed by atoms with Crippen molar-refractivity contribution in [3.63, 3.8) is 0 Å². The van der Waals surface area contributed by atoms with Crippen molar-refractivity contribution in [3.05, 3.63) is 83.9 Å². The Morgan fingerprint density at radius 3 is 1.89 bits per heavy atom. The van der Waals surface area contributed by atoms with Crippen molar-refractivity contribution in [2.75, 3.05) is 0 Å². The SMILES string of the molecule is C=C(C#N)C1CC(c2ccccc2)(c2ccccc2)OB1N(C(C)C)C(C)C. The zero-order chi connectivity index (χ0) is 20.3. The first kappa shape index (κ1) is 20.4. The molecule has 1 unspecified atom stereocenters. The summed E-state index contributed by atoms with van der Waals surface area (Å²) in [4.78, 5) is 2.36. The average molecular weight is 372 g/mol. The number of hydrogen-bond donors (Lipinski definition) is 0. The third-order valence-corrected chi connectivity index (χ3v) is 5.73. The van der Waals surface area contributed by atoms with E-state index in [1.807, 2.05) is 36.4 Å². The predicted molar refractivity (Wildman–Crippen MR) is 116 cm³/mol. The van der Waals surface area contributed by atoms with Crippen LogP contribution in [0.15, 0.2) is 72.8 Å². The van der Waals surface area contributed by atoms with Crippen LogP contribution in [0.2, 0.25) is 5.82 Å². The van der Waals surface area contributed by atoms with Gasteiger partial charge in [-0.15, -0.1) is 0 Å². The number of allylic oxidation sites excluding steroid dienone is 1. The van der Waals surface area contributed by atoms with E-state index in [0.29, 0.717) is 24.1 Å². The molecule has 1 fully saturated rings. The van der Waals surface area contributed by atoms with Gasteiger partial charge >= 0.3 is 7.05 Å². The molecule has 2 aromatic carbocycles. The molecule has 0 spiro atoms. The van der Waals surface area contributed by atoms with Gasteiger partial charge in [-0.3, -0.25) is 0 Å². The van der Waals surface area contributed by atoms with E-state index in [-0.39, 0.29) is 12.9 Å². The molecule has 0 N–H and O–H groups in total. The molecular weight excluding hydrogens is 343 g/mol. The quantitative estimate of drug-likeness (QED) is 0.503. The van der Waals surface area contributed by atoms with Crippen LogP contribution in [-0.2, 0) is 10.3 Å². The number of rotatable bonds is 6. The summed E-state index contributed by atoms with van der Waals surface area (Å²) in [6, 6.07) is 23.6. The fraction of sp³-hybridized carbons (Fsp3) is 0.375. The summed E-state index contributed by atoms with van der Waals surface area (Å²) in [5.41, 5.74) is 2.23. The van der Waals surface area contributed by atoms with Crippen LogP contribution >= 0.6 is 0 Å². The number of nitrogens with zero attached hydrogens (tertiary/aromatic N) is 2. The summed E-state index contributed by atoms with van der Waals surface area (Å²) in [5, 5.41) is 9.66. The molecule has 0 aromatic heterocycles. The molecular formula is C24H29BN2O. The van der Waals surface area contributed by atoms with Gasteiger partial charge in [0.2, 0.25) is 0 Å². The summed E-state index contributed by atoms with van der Waals surface area (Å²) in [6.45, 7) is 12.8. The highest BCUT2D eigenvalue weighted by molar-refractivity contribution is 6.53. The molecule has 28 heavy (non-hydrogen) atoms. The highest BCUT2D eigenvalue weighted by Crippen LogP contribution is 2.51. The van der Waals surface area contributed by atoms with Crippen LogP contribution in [0, 0.1) is 11.3 Å². The maximum Gasteiger partial charge on any atom is 0.392 e. The average Bonchev–Trinajstić information content (AvgIpc) is 3.09. The van der Waals surface area contributed by atoms with Crippen LogP contribution in [0.1, 0.15) is 45.2 Å². The van der Waals surface area contributed by atoms with Gasteiger partial charge in [-0.1, -0.05) is 94.9 Å². The van der Waals surface area contributed by atoms with Crippen molar-refractivity contribution < 1.29 is 4.65 Å². The first-order valence-electron chi connectivity index (χ1n) is 10.1. The smallest absolute Gasteiger partial charge is 0.392 e. The molecule has 144 valence electrons. The second-order valence-electron chi connectivity index (χ2n) is 8.15. The molecule has 4 heteroatoms. The Bertz CT molecular complexity index is 794. The van der Waals surface area contributed by atoms with E-state index >= 15 is 0 Å². The molecule has 0 saturated carbocycles. The lowest BCUT2D eigenvalue weighted by Gasteiger charge is -2.37. The van der Waals surface area contributed by atoms with Crippen molar-refractivity contribution in [1.82, 2.24) is 4.81 Å². The van der Waals surface area contributed by atoms with Crippen LogP contribution in [0.25, 0.3) is 0 Å². The Labute approximate surface area is 169 Å². The summed E-state index contributed by atoms with van der Waals surface area (Å²) in [6.07, 6.45) is 0.702. The fourth-order valence-electron chi connectivity index (χ4n) is 4.53. The molecule has 1 aliphatic heterocycles. The van der Waals surface area contributed by atoms with Crippen molar-refractivity contribution in [2.24, 2.45) is 0 Å². The lowest BCUT2D eigenvalue weighted by atomic mass is 9.61. The molecule has 1 heterocycles. The molecule has 1 atom stereocenters. The van der Waals surface area contributed by atoms with Gasteiger partial charge in [-0.25, -0.2) is 0 Å². The molecule has 2 aromatic rings. The molecule has 0 amide bonds. The van der Waals surface area contributed by atoms with E-state index in [0.717, 1.165) is 11.1 Å². The summed E-state index contributed by atoms with van der Waals surface area (Å²) < 4.78 is 6.96. The van der Waals surface area contributed by atoms with E-state index in [9.17, 15) is 5.26 Å². The van der Waals surface area contributed by atoms with E-state index in [1.165, 1.54) is 0 Å². The third kappa shape index (κ3) is 3.65. The number of benzene rings is 2. The minimum Gasteiger partial charge on any atom is -0.407 e. The Hall–Kier alpha value is -2.35. The highest BCUT2D eigenvalue weighted by Gasteiger charge is 2.55. The van der Waals surface area contributed by atoms with E-state index in [1.54, 1.807) is 0 Å². The van der Waals surface area contributed by atoms with Crippen molar-refractivity contribution in [3.8, 4) is 6.07 Å². The van der Waals surface area contributed by atoms with Crippen molar-refractivity contribution in [1.29, 1.82) is 5.26 Å². The lowest BCUT2D eigenvalue weighted by molar-refractivity contribution is 0.108. The van der Waals surface area contributed by atoms with E-state index in [4.69, 9.17) is 4.65 Å². The summed E-state index contributed by atoms with van der Waals surface area (Å²) in [7, 11) is -0.201. The lowest BCUT2D eigenvalue weighted by Crippen LogP contribution is -2.51. The van der Waals surface area contributed by atoms with Gasteiger partial charge in [0.15, 0.2) is 0 Å². The highest BCUT2D eigenvalue weighted by atomic mass is 16.5. The standard InChI is InChI=1S/C24H29BN2O/c1-18(2)27(19(3)4)25-23(20(5)17-26)16-24(28-25,21-12-8-6-9-13-21)22-14-10-7-11-15-22/h6-15,18-19,23H,5,16H2,1-4H3. The normalized spacial score (nSPS) is 18.6. The maximum atomic E-state index is 9.66. The van der Waals surface area contributed by atoms with E-state index < -0.39 is 5.60 Å². The largest absolute Gasteiger partial charge is 0.407 e.